The Morgan fingerprint density at radius 3 is 1.17 bits per heavy atom. The van der Waals surface area contributed by atoms with Crippen molar-refractivity contribution < 1.29 is 37.4 Å². The van der Waals surface area contributed by atoms with Crippen molar-refractivity contribution in [2.24, 2.45) is 0 Å². The molecule has 2 N–H and O–H groups in total. The molecule has 6 aromatic carbocycles. The largest absolute Gasteiger partial charge is 0.490 e. The van der Waals surface area contributed by atoms with Crippen LogP contribution >= 0.6 is 0 Å². The molecule has 0 spiro atoms. The van der Waals surface area contributed by atoms with E-state index in [1.54, 1.807) is 74.8 Å². The highest BCUT2D eigenvalue weighted by Gasteiger charge is 2.33. The molecule has 0 bridgehead atoms. The van der Waals surface area contributed by atoms with Crippen LogP contribution in [-0.2, 0) is 22.4 Å². The lowest BCUT2D eigenvalue weighted by atomic mass is 9.99. The number of benzene rings is 6. The van der Waals surface area contributed by atoms with Gasteiger partial charge in [0, 0.05) is 39.8 Å². The number of amides is 4. The highest BCUT2D eigenvalue weighted by Crippen LogP contribution is 2.28. The molecule has 372 valence electrons. The highest BCUT2D eigenvalue weighted by molar-refractivity contribution is 6.00. The van der Waals surface area contributed by atoms with Gasteiger partial charge in [-0.05, 0) is 97.5 Å². The fraction of sp³-hybridized carbons (Fsp3) is 0.267. The van der Waals surface area contributed by atoms with Crippen LogP contribution in [0.4, 0.5) is 8.78 Å². The van der Waals surface area contributed by atoms with Gasteiger partial charge in [0.1, 0.15) is 35.2 Å². The summed E-state index contributed by atoms with van der Waals surface area (Å²) < 4.78 is 39.4. The van der Waals surface area contributed by atoms with E-state index in [0.717, 1.165) is 22.3 Å². The topological polar surface area (TPSA) is 117 Å². The maximum atomic E-state index is 13.7. The van der Waals surface area contributed by atoms with Crippen molar-refractivity contribution in [1.29, 1.82) is 0 Å². The van der Waals surface area contributed by atoms with Crippen molar-refractivity contribution in [3.05, 3.63) is 227 Å². The Hall–Kier alpha value is -7.86. The van der Waals surface area contributed by atoms with Gasteiger partial charge in [-0.1, -0.05) is 133 Å². The van der Waals surface area contributed by atoms with E-state index in [1.165, 1.54) is 34.1 Å². The molecule has 12 heteroatoms. The zero-order valence-corrected chi connectivity index (χ0v) is 41.1. The first-order valence-corrected chi connectivity index (χ1v) is 24.4. The Balaban J connectivity index is 0.000000211. The minimum absolute atomic E-state index is 0.151. The first-order valence-electron chi connectivity index (χ1n) is 24.4. The molecular formula is C60H62F2N4O6. The average molecular weight is 973 g/mol. The Morgan fingerprint density at radius 1 is 0.458 bits per heavy atom. The number of hydrogen-bond acceptors (Lipinski definition) is 6. The normalized spacial score (nSPS) is 22.1. The second-order valence-electron chi connectivity index (χ2n) is 18.2. The van der Waals surface area contributed by atoms with Gasteiger partial charge in [0.15, 0.2) is 0 Å². The van der Waals surface area contributed by atoms with Crippen LogP contribution < -0.4 is 20.1 Å². The summed E-state index contributed by atoms with van der Waals surface area (Å²) in [6, 6.07) is 43.5. The Kier molecular flexibility index (Phi) is 18.3. The molecule has 0 saturated carbocycles. The van der Waals surface area contributed by atoms with Crippen LogP contribution in [-0.4, -0.2) is 71.8 Å². The van der Waals surface area contributed by atoms with Gasteiger partial charge in [0.25, 0.3) is 11.8 Å². The molecule has 6 aromatic rings. The third-order valence-electron chi connectivity index (χ3n) is 12.8. The van der Waals surface area contributed by atoms with Crippen molar-refractivity contribution in [1.82, 2.24) is 20.4 Å². The molecule has 0 aromatic heterocycles. The van der Waals surface area contributed by atoms with Crippen molar-refractivity contribution in [2.75, 3.05) is 14.1 Å². The molecule has 0 unspecified atom stereocenters. The molecule has 2 heterocycles. The smallest absolute Gasteiger partial charge is 0.258 e. The molecule has 2 aliphatic heterocycles. The maximum absolute atomic E-state index is 13.7. The summed E-state index contributed by atoms with van der Waals surface area (Å²) in [4.78, 5) is 57.7. The van der Waals surface area contributed by atoms with E-state index >= 15 is 0 Å². The van der Waals surface area contributed by atoms with Crippen LogP contribution in [0.2, 0.25) is 0 Å². The molecule has 0 fully saturated rings. The van der Waals surface area contributed by atoms with Crippen LogP contribution in [0.15, 0.2) is 182 Å². The van der Waals surface area contributed by atoms with Gasteiger partial charge in [-0.3, -0.25) is 19.2 Å². The van der Waals surface area contributed by atoms with E-state index in [2.05, 4.69) is 10.6 Å². The number of para-hydroxylation sites is 2. The van der Waals surface area contributed by atoms with Crippen LogP contribution in [0.3, 0.4) is 0 Å². The van der Waals surface area contributed by atoms with E-state index in [9.17, 15) is 28.0 Å². The van der Waals surface area contributed by atoms with E-state index in [0.29, 0.717) is 61.2 Å². The highest BCUT2D eigenvalue weighted by atomic mass is 19.1. The lowest BCUT2D eigenvalue weighted by Gasteiger charge is -2.30. The number of likely N-dealkylation sites (N-methyl/N-ethyl adjacent to an activating group) is 2. The molecule has 8 rings (SSSR count). The maximum Gasteiger partial charge on any atom is 0.258 e. The summed E-state index contributed by atoms with van der Waals surface area (Å²) in [6.45, 7) is 3.91. The average Bonchev–Trinajstić information content (AvgIpc) is 3.39. The van der Waals surface area contributed by atoms with Crippen molar-refractivity contribution in [2.45, 2.75) is 88.7 Å². The summed E-state index contributed by atoms with van der Waals surface area (Å²) in [5.74, 6) is -0.815. The number of ether oxygens (including phenoxy) is 2. The molecule has 72 heavy (non-hydrogen) atoms. The zero-order chi connectivity index (χ0) is 51.0. The molecule has 10 nitrogen and oxygen atoms in total. The number of halogens is 2. The van der Waals surface area contributed by atoms with Crippen molar-refractivity contribution in [3.8, 4) is 11.5 Å². The quantitative estimate of drug-likeness (QED) is 0.161. The number of carbonyl (C=O) groups is 4. The van der Waals surface area contributed by atoms with Gasteiger partial charge in [0.2, 0.25) is 11.8 Å². The molecule has 4 amide bonds. The number of fused-ring (bicyclic) bond motifs is 2. The summed E-state index contributed by atoms with van der Waals surface area (Å²) in [5.41, 5.74) is 4.29. The van der Waals surface area contributed by atoms with E-state index < -0.39 is 12.1 Å². The third kappa shape index (κ3) is 14.1. The number of carbonyl (C=O) groups excluding carboxylic acids is 4. The van der Waals surface area contributed by atoms with Gasteiger partial charge in [-0.2, -0.15) is 0 Å². The second-order valence-corrected chi connectivity index (χ2v) is 18.2. The van der Waals surface area contributed by atoms with E-state index in [1.807, 2.05) is 111 Å². The molecule has 0 aliphatic carbocycles. The minimum atomic E-state index is -0.764. The van der Waals surface area contributed by atoms with Crippen LogP contribution in [0.25, 0.3) is 0 Å². The first kappa shape index (κ1) is 52.0. The van der Waals surface area contributed by atoms with Crippen LogP contribution in [0.5, 0.6) is 11.5 Å². The SMILES string of the molecule is C[C@H]1C/C=C/C[C@@H](c2ccc(F)cc2)NC(=O)[C@H](Cc2ccccc2)N(C)C(=O)c2ccccc2O1.C[C@H]1C/C=C\C[C@@H](c2ccc(F)cc2)NC(=O)[C@H](Cc2ccccc2)N(C)C(=O)c2ccccc2O1. The molecular weight excluding hydrogens is 911 g/mol. The lowest BCUT2D eigenvalue weighted by molar-refractivity contribution is -0.126. The third-order valence-corrected chi connectivity index (χ3v) is 12.8. The molecule has 0 radical (unpaired) electrons. The number of nitrogens with zero attached hydrogens (tertiary/aromatic N) is 2. The van der Waals surface area contributed by atoms with Crippen molar-refractivity contribution >= 4 is 23.6 Å². The standard InChI is InChI=1S/2C30H31FN2O3/c2*1-21-10-6-8-14-26(23-16-18-24(31)19-17-23)32-29(34)27(20-22-11-4-3-5-12-22)33(2)30(35)25-13-7-9-15-28(25)36-21/h2*3-9,11-13,15-19,21,26-27H,10,14,20H2,1-2H3,(H,32,34)/b8-6+;8-6-/t2*21-,26-,27-/m00/s1. The molecule has 2 aliphatic rings. The van der Waals surface area contributed by atoms with Crippen LogP contribution in [0.1, 0.15) is 94.6 Å². The predicted molar refractivity (Wildman–Crippen MR) is 276 cm³/mol. The predicted octanol–water partition coefficient (Wildman–Crippen LogP) is 11.0. The first-order chi connectivity index (χ1) is 34.8. The van der Waals surface area contributed by atoms with Gasteiger partial charge in [-0.15, -0.1) is 0 Å². The summed E-state index contributed by atoms with van der Waals surface area (Å²) >= 11 is 0. The van der Waals surface area contributed by atoms with Gasteiger partial charge >= 0.3 is 0 Å². The van der Waals surface area contributed by atoms with Gasteiger partial charge in [-0.25, -0.2) is 8.78 Å². The fourth-order valence-electron chi connectivity index (χ4n) is 8.69. The van der Waals surface area contributed by atoms with Crippen LogP contribution in [0, 0.1) is 11.6 Å². The monoisotopic (exact) mass is 972 g/mol. The number of hydrogen-bond donors (Lipinski definition) is 2. The number of nitrogens with one attached hydrogen (secondary N) is 2. The van der Waals surface area contributed by atoms with Crippen molar-refractivity contribution in [3.63, 3.8) is 0 Å². The number of rotatable bonds is 6. The van der Waals surface area contributed by atoms with E-state index in [-0.39, 0.29) is 59.6 Å². The summed E-state index contributed by atoms with van der Waals surface area (Å²) in [5, 5.41) is 6.25. The molecule has 6 atom stereocenters. The van der Waals surface area contributed by atoms with Gasteiger partial charge in [0.05, 0.1) is 35.4 Å². The zero-order valence-electron chi connectivity index (χ0n) is 41.1. The van der Waals surface area contributed by atoms with E-state index in [4.69, 9.17) is 9.47 Å². The Labute approximate surface area is 421 Å². The summed E-state index contributed by atoms with van der Waals surface area (Å²) in [7, 11) is 3.29. The summed E-state index contributed by atoms with van der Waals surface area (Å²) in [6.07, 6.45) is 10.8. The fourth-order valence-corrected chi connectivity index (χ4v) is 8.69. The molecule has 0 saturated heterocycles. The van der Waals surface area contributed by atoms with Gasteiger partial charge < -0.3 is 29.9 Å². The minimum Gasteiger partial charge on any atom is -0.490 e. The Bertz CT molecular complexity index is 2610. The lowest BCUT2D eigenvalue weighted by Crippen LogP contribution is -2.49. The second kappa shape index (κ2) is 25.3. The Morgan fingerprint density at radius 2 is 0.792 bits per heavy atom.